The Morgan fingerprint density at radius 1 is 1.20 bits per heavy atom. The summed E-state index contributed by atoms with van der Waals surface area (Å²) in [6, 6.07) is 0. The Kier molecular flexibility index (Phi) is 10.3. The summed E-state index contributed by atoms with van der Waals surface area (Å²) in [6.45, 7) is 12.3. The van der Waals surface area contributed by atoms with Crippen LogP contribution in [0.1, 0.15) is 33.6 Å². The molecular weight excluding hydrogens is 188 g/mol. The lowest BCUT2D eigenvalue weighted by molar-refractivity contribution is 0.113. The quantitative estimate of drug-likeness (QED) is 0.565. The molecule has 3 nitrogen and oxygen atoms in total. The smallest absolute Gasteiger partial charge is 0.0593 e. The Balaban J connectivity index is 3.59. The summed E-state index contributed by atoms with van der Waals surface area (Å²) in [5.74, 6) is 0.686. The first-order valence-corrected chi connectivity index (χ1v) is 6.28. The highest BCUT2D eigenvalue weighted by Gasteiger charge is 2.07. The van der Waals surface area contributed by atoms with Gasteiger partial charge in [-0.25, -0.2) is 0 Å². The van der Waals surface area contributed by atoms with Crippen LogP contribution in [0.3, 0.4) is 0 Å². The second-order valence-electron chi connectivity index (χ2n) is 3.93. The molecule has 0 aromatic carbocycles. The Morgan fingerprint density at radius 3 is 2.40 bits per heavy atom. The van der Waals surface area contributed by atoms with E-state index in [0.717, 1.165) is 39.4 Å². The summed E-state index contributed by atoms with van der Waals surface area (Å²) in [5, 5.41) is 0. The predicted molar refractivity (Wildman–Crippen MR) is 66.1 cm³/mol. The largest absolute Gasteiger partial charge is 0.380 e. The zero-order chi connectivity index (χ0) is 11.5. The van der Waals surface area contributed by atoms with Gasteiger partial charge in [0, 0.05) is 13.2 Å². The molecule has 0 fully saturated rings. The summed E-state index contributed by atoms with van der Waals surface area (Å²) in [7, 11) is 0. The van der Waals surface area contributed by atoms with Crippen LogP contribution in [0.2, 0.25) is 0 Å². The third kappa shape index (κ3) is 7.77. The highest BCUT2D eigenvalue weighted by atomic mass is 16.5. The van der Waals surface area contributed by atoms with E-state index in [9.17, 15) is 0 Å². The van der Waals surface area contributed by atoms with Crippen LogP contribution < -0.4 is 5.73 Å². The summed E-state index contributed by atoms with van der Waals surface area (Å²) in [5.41, 5.74) is 5.69. The molecule has 0 amide bonds. The van der Waals surface area contributed by atoms with Crippen LogP contribution in [-0.2, 0) is 4.74 Å². The van der Waals surface area contributed by atoms with Gasteiger partial charge in [0.05, 0.1) is 6.61 Å². The van der Waals surface area contributed by atoms with E-state index < -0.39 is 0 Å². The third-order valence-electron chi connectivity index (χ3n) is 2.97. The molecule has 0 saturated carbocycles. The van der Waals surface area contributed by atoms with E-state index in [2.05, 4.69) is 18.7 Å². The van der Waals surface area contributed by atoms with E-state index in [1.807, 2.05) is 6.92 Å². The van der Waals surface area contributed by atoms with Gasteiger partial charge >= 0.3 is 0 Å². The molecule has 0 aromatic heterocycles. The van der Waals surface area contributed by atoms with Gasteiger partial charge in [-0.3, -0.25) is 0 Å². The fraction of sp³-hybridized carbons (Fsp3) is 1.00. The number of rotatable bonds is 10. The fourth-order valence-electron chi connectivity index (χ4n) is 1.62. The maximum atomic E-state index is 5.69. The van der Waals surface area contributed by atoms with Gasteiger partial charge in [0.2, 0.25) is 0 Å². The molecule has 0 aromatic rings. The predicted octanol–water partition coefficient (Wildman–Crippen LogP) is 1.72. The number of ether oxygens (including phenoxy) is 1. The molecule has 0 bridgehead atoms. The summed E-state index contributed by atoms with van der Waals surface area (Å²) in [4.78, 5) is 2.44. The summed E-state index contributed by atoms with van der Waals surface area (Å²) in [6.07, 6.45) is 2.41. The molecule has 0 radical (unpaired) electrons. The zero-order valence-electron chi connectivity index (χ0n) is 10.7. The summed E-state index contributed by atoms with van der Waals surface area (Å²) >= 11 is 0. The number of nitrogens with zero attached hydrogens (tertiary/aromatic N) is 1. The Bertz CT molecular complexity index is 127. The van der Waals surface area contributed by atoms with E-state index in [0.29, 0.717) is 5.92 Å². The molecule has 1 atom stereocenters. The molecule has 0 heterocycles. The van der Waals surface area contributed by atoms with Crippen LogP contribution in [-0.4, -0.2) is 44.3 Å². The first-order valence-electron chi connectivity index (χ1n) is 6.28. The molecular formula is C12H28N2O. The van der Waals surface area contributed by atoms with Gasteiger partial charge in [-0.2, -0.15) is 0 Å². The Morgan fingerprint density at radius 2 is 1.93 bits per heavy atom. The summed E-state index contributed by atoms with van der Waals surface area (Å²) < 4.78 is 5.36. The highest BCUT2D eigenvalue weighted by molar-refractivity contribution is 4.62. The number of hydrogen-bond acceptors (Lipinski definition) is 3. The van der Waals surface area contributed by atoms with E-state index >= 15 is 0 Å². The second-order valence-corrected chi connectivity index (χ2v) is 3.93. The van der Waals surface area contributed by atoms with Crippen molar-refractivity contribution < 1.29 is 4.74 Å². The van der Waals surface area contributed by atoms with Gasteiger partial charge in [-0.15, -0.1) is 0 Å². The van der Waals surface area contributed by atoms with Gasteiger partial charge in [-0.1, -0.05) is 20.3 Å². The van der Waals surface area contributed by atoms with Crippen molar-refractivity contribution in [2.45, 2.75) is 33.6 Å². The second kappa shape index (κ2) is 10.4. The number of likely N-dealkylation sites (N-methyl/N-ethyl adjacent to an activating group) is 1. The molecule has 0 aliphatic carbocycles. The van der Waals surface area contributed by atoms with Crippen molar-refractivity contribution in [2.75, 3.05) is 39.4 Å². The van der Waals surface area contributed by atoms with Crippen LogP contribution in [0.15, 0.2) is 0 Å². The van der Waals surface area contributed by atoms with Crippen molar-refractivity contribution >= 4 is 0 Å². The zero-order valence-corrected chi connectivity index (χ0v) is 10.7. The molecule has 0 saturated heterocycles. The molecule has 15 heavy (non-hydrogen) atoms. The van der Waals surface area contributed by atoms with E-state index in [1.54, 1.807) is 0 Å². The van der Waals surface area contributed by atoms with E-state index in [1.165, 1.54) is 12.8 Å². The van der Waals surface area contributed by atoms with Crippen LogP contribution in [0, 0.1) is 5.92 Å². The van der Waals surface area contributed by atoms with Crippen LogP contribution in [0.4, 0.5) is 0 Å². The van der Waals surface area contributed by atoms with Gasteiger partial charge < -0.3 is 15.4 Å². The Labute approximate surface area is 95.0 Å². The standard InChI is InChI=1S/C12H28N2O/c1-4-12(11-13)7-8-14(5-2)9-10-15-6-3/h12H,4-11,13H2,1-3H3. The van der Waals surface area contributed by atoms with Gasteiger partial charge in [-0.05, 0) is 38.9 Å². The molecule has 92 valence electrons. The number of hydrogen-bond donors (Lipinski definition) is 1. The lowest BCUT2D eigenvalue weighted by atomic mass is 10.0. The topological polar surface area (TPSA) is 38.5 Å². The maximum Gasteiger partial charge on any atom is 0.0593 e. The molecule has 1 unspecified atom stereocenters. The third-order valence-corrected chi connectivity index (χ3v) is 2.97. The average molecular weight is 216 g/mol. The fourth-order valence-corrected chi connectivity index (χ4v) is 1.62. The van der Waals surface area contributed by atoms with Crippen molar-refractivity contribution in [1.82, 2.24) is 4.90 Å². The molecule has 0 aliphatic rings. The molecule has 0 rings (SSSR count). The highest BCUT2D eigenvalue weighted by Crippen LogP contribution is 2.07. The molecule has 0 spiro atoms. The first-order chi connectivity index (χ1) is 7.28. The Hall–Kier alpha value is -0.120. The van der Waals surface area contributed by atoms with E-state index in [-0.39, 0.29) is 0 Å². The van der Waals surface area contributed by atoms with Crippen LogP contribution in [0.5, 0.6) is 0 Å². The minimum absolute atomic E-state index is 0.686. The lowest BCUT2D eigenvalue weighted by Gasteiger charge is -2.22. The number of nitrogens with two attached hydrogens (primary N) is 1. The van der Waals surface area contributed by atoms with Gasteiger partial charge in [0.15, 0.2) is 0 Å². The van der Waals surface area contributed by atoms with Gasteiger partial charge in [0.1, 0.15) is 0 Å². The van der Waals surface area contributed by atoms with Gasteiger partial charge in [0.25, 0.3) is 0 Å². The van der Waals surface area contributed by atoms with Crippen molar-refractivity contribution in [3.63, 3.8) is 0 Å². The maximum absolute atomic E-state index is 5.69. The van der Waals surface area contributed by atoms with Crippen molar-refractivity contribution in [3.8, 4) is 0 Å². The molecule has 0 aliphatic heterocycles. The normalized spacial score (nSPS) is 13.4. The van der Waals surface area contributed by atoms with Crippen molar-refractivity contribution in [2.24, 2.45) is 11.7 Å². The average Bonchev–Trinajstić information content (AvgIpc) is 2.28. The molecule has 3 heteroatoms. The molecule has 2 N–H and O–H groups in total. The lowest BCUT2D eigenvalue weighted by Crippen LogP contribution is -2.30. The monoisotopic (exact) mass is 216 g/mol. The van der Waals surface area contributed by atoms with Crippen molar-refractivity contribution in [3.05, 3.63) is 0 Å². The van der Waals surface area contributed by atoms with Crippen LogP contribution in [0.25, 0.3) is 0 Å². The van der Waals surface area contributed by atoms with Crippen molar-refractivity contribution in [1.29, 1.82) is 0 Å². The first kappa shape index (κ1) is 14.9. The minimum atomic E-state index is 0.686. The minimum Gasteiger partial charge on any atom is -0.380 e. The van der Waals surface area contributed by atoms with E-state index in [4.69, 9.17) is 10.5 Å². The SMILES string of the molecule is CCOCCN(CC)CCC(CC)CN. The van der Waals surface area contributed by atoms with Crippen LogP contribution >= 0.6 is 0 Å².